The van der Waals surface area contributed by atoms with Gasteiger partial charge in [-0.1, -0.05) is 41.6 Å². The summed E-state index contributed by atoms with van der Waals surface area (Å²) in [6, 6.07) is 8.42. The Kier molecular flexibility index (Phi) is 4.65. The van der Waals surface area contributed by atoms with Crippen molar-refractivity contribution in [1.29, 1.82) is 0 Å². The third-order valence-electron chi connectivity index (χ3n) is 4.77. The second kappa shape index (κ2) is 7.09. The molecule has 1 aromatic carbocycles. The summed E-state index contributed by atoms with van der Waals surface area (Å²) in [5.74, 6) is 0. The van der Waals surface area contributed by atoms with Gasteiger partial charge in [-0.15, -0.1) is 0 Å². The molecule has 0 spiro atoms. The van der Waals surface area contributed by atoms with E-state index in [0.717, 1.165) is 47.6 Å². The van der Waals surface area contributed by atoms with Gasteiger partial charge in [0.25, 0.3) is 5.56 Å². The van der Waals surface area contributed by atoms with Gasteiger partial charge in [-0.3, -0.25) is 14.8 Å². The zero-order valence-electron chi connectivity index (χ0n) is 14.9. The Balaban J connectivity index is 1.56. The number of H-pyrrole nitrogens is 2. The standard InChI is InChI=1S/C19H21N5OS/c1-12-3-5-13(6-4-12)17-14(9-20-23-17)10-24-8-7-16-15(11-24)18(25)22-19(21-16)26-2/h3-6,9H,7-8,10-11H2,1-2H3,(H,20,23)(H,21,22,25). The van der Waals surface area contributed by atoms with E-state index < -0.39 is 0 Å². The zero-order valence-corrected chi connectivity index (χ0v) is 15.7. The summed E-state index contributed by atoms with van der Waals surface area (Å²) in [4.78, 5) is 22.1. The molecule has 3 heterocycles. The first-order chi connectivity index (χ1) is 12.6. The van der Waals surface area contributed by atoms with Crippen LogP contribution in [0.4, 0.5) is 0 Å². The number of nitrogens with zero attached hydrogens (tertiary/aromatic N) is 3. The van der Waals surface area contributed by atoms with Crippen molar-refractivity contribution in [3.05, 3.63) is 63.2 Å². The first kappa shape index (κ1) is 17.1. The molecular weight excluding hydrogens is 346 g/mol. The van der Waals surface area contributed by atoms with E-state index in [1.54, 1.807) is 0 Å². The summed E-state index contributed by atoms with van der Waals surface area (Å²) in [5.41, 5.74) is 6.25. The van der Waals surface area contributed by atoms with E-state index in [2.05, 4.69) is 56.3 Å². The molecule has 26 heavy (non-hydrogen) atoms. The molecule has 1 aliphatic heterocycles. The molecule has 0 aliphatic carbocycles. The lowest BCUT2D eigenvalue weighted by Gasteiger charge is -2.27. The zero-order chi connectivity index (χ0) is 18.1. The molecule has 6 nitrogen and oxygen atoms in total. The van der Waals surface area contributed by atoms with Gasteiger partial charge in [0.05, 0.1) is 23.1 Å². The molecule has 4 rings (SSSR count). The SMILES string of the molecule is CSc1nc2c(c(=O)[nH]1)CN(Cc1cn[nH]c1-c1ccc(C)cc1)CC2. The van der Waals surface area contributed by atoms with Gasteiger partial charge in [0, 0.05) is 31.6 Å². The van der Waals surface area contributed by atoms with Crippen LogP contribution in [0.2, 0.25) is 0 Å². The van der Waals surface area contributed by atoms with Crippen LogP contribution in [-0.2, 0) is 19.5 Å². The quantitative estimate of drug-likeness (QED) is 0.548. The molecule has 0 fully saturated rings. The molecule has 1 aliphatic rings. The molecule has 0 saturated heterocycles. The van der Waals surface area contributed by atoms with Gasteiger partial charge in [0.15, 0.2) is 5.16 Å². The van der Waals surface area contributed by atoms with Crippen molar-refractivity contribution in [3.63, 3.8) is 0 Å². The van der Waals surface area contributed by atoms with E-state index in [9.17, 15) is 4.79 Å². The molecule has 0 bridgehead atoms. The Morgan fingerprint density at radius 1 is 1.27 bits per heavy atom. The number of aromatic nitrogens is 4. The van der Waals surface area contributed by atoms with Gasteiger partial charge >= 0.3 is 0 Å². The highest BCUT2D eigenvalue weighted by molar-refractivity contribution is 7.98. The number of aryl methyl sites for hydroxylation is 1. The molecule has 2 aromatic heterocycles. The van der Waals surface area contributed by atoms with Crippen molar-refractivity contribution in [3.8, 4) is 11.3 Å². The van der Waals surface area contributed by atoms with Crippen LogP contribution >= 0.6 is 11.8 Å². The van der Waals surface area contributed by atoms with Crippen LogP contribution in [0, 0.1) is 6.92 Å². The number of hydrogen-bond acceptors (Lipinski definition) is 5. The van der Waals surface area contributed by atoms with Gasteiger partial charge < -0.3 is 4.98 Å². The van der Waals surface area contributed by atoms with E-state index in [-0.39, 0.29) is 5.56 Å². The van der Waals surface area contributed by atoms with E-state index in [1.165, 1.54) is 17.3 Å². The Morgan fingerprint density at radius 2 is 2.08 bits per heavy atom. The second-order valence-electron chi connectivity index (χ2n) is 6.60. The predicted octanol–water partition coefficient (Wildman–Crippen LogP) is 2.75. The molecule has 0 amide bonds. The molecule has 134 valence electrons. The molecule has 0 saturated carbocycles. The lowest BCUT2D eigenvalue weighted by atomic mass is 10.0. The molecule has 0 radical (unpaired) electrons. The van der Waals surface area contributed by atoms with Gasteiger partial charge in [0.1, 0.15) is 0 Å². The normalized spacial score (nSPS) is 14.4. The third kappa shape index (κ3) is 3.32. The lowest BCUT2D eigenvalue weighted by molar-refractivity contribution is 0.241. The van der Waals surface area contributed by atoms with Crippen LogP contribution in [0.1, 0.15) is 22.4 Å². The molecule has 7 heteroatoms. The van der Waals surface area contributed by atoms with Crippen molar-refractivity contribution < 1.29 is 0 Å². The fourth-order valence-corrected chi connectivity index (χ4v) is 3.73. The summed E-state index contributed by atoms with van der Waals surface area (Å²) in [7, 11) is 0. The minimum absolute atomic E-state index is 0.0185. The molecular formula is C19H21N5OS. The lowest BCUT2D eigenvalue weighted by Crippen LogP contribution is -2.35. The molecule has 0 atom stereocenters. The van der Waals surface area contributed by atoms with E-state index in [1.807, 2.05) is 12.5 Å². The van der Waals surface area contributed by atoms with Crippen LogP contribution in [0.15, 0.2) is 40.4 Å². The number of benzene rings is 1. The van der Waals surface area contributed by atoms with Crippen LogP contribution in [0.25, 0.3) is 11.3 Å². The number of nitrogens with one attached hydrogen (secondary N) is 2. The fourth-order valence-electron chi connectivity index (χ4n) is 3.33. The first-order valence-electron chi connectivity index (χ1n) is 8.61. The highest BCUT2D eigenvalue weighted by atomic mass is 32.2. The number of rotatable bonds is 4. The Labute approximate surface area is 156 Å². The maximum absolute atomic E-state index is 12.4. The minimum Gasteiger partial charge on any atom is -0.301 e. The molecule has 0 unspecified atom stereocenters. The highest BCUT2D eigenvalue weighted by Gasteiger charge is 2.22. The average molecular weight is 367 g/mol. The number of thioether (sulfide) groups is 1. The summed E-state index contributed by atoms with van der Waals surface area (Å²) in [6.45, 7) is 4.33. The van der Waals surface area contributed by atoms with Gasteiger partial charge in [0.2, 0.25) is 0 Å². The van der Waals surface area contributed by atoms with Crippen molar-refractivity contribution in [2.45, 2.75) is 31.6 Å². The van der Waals surface area contributed by atoms with Gasteiger partial charge in [-0.2, -0.15) is 5.10 Å². The number of fused-ring (bicyclic) bond motifs is 1. The van der Waals surface area contributed by atoms with Crippen molar-refractivity contribution in [2.75, 3.05) is 12.8 Å². The van der Waals surface area contributed by atoms with Crippen LogP contribution in [-0.4, -0.2) is 37.9 Å². The van der Waals surface area contributed by atoms with E-state index in [0.29, 0.717) is 11.7 Å². The Bertz CT molecular complexity index is 976. The molecule has 3 aromatic rings. The third-order valence-corrected chi connectivity index (χ3v) is 5.35. The van der Waals surface area contributed by atoms with Crippen LogP contribution in [0.3, 0.4) is 0 Å². The van der Waals surface area contributed by atoms with Gasteiger partial charge in [-0.05, 0) is 18.7 Å². The smallest absolute Gasteiger partial charge is 0.256 e. The van der Waals surface area contributed by atoms with Crippen LogP contribution < -0.4 is 5.56 Å². The summed E-state index contributed by atoms with van der Waals surface area (Å²) in [5, 5.41) is 8.05. The Hall–Kier alpha value is -2.38. The van der Waals surface area contributed by atoms with Crippen LogP contribution in [0.5, 0.6) is 0 Å². The average Bonchev–Trinajstić information content (AvgIpc) is 3.10. The highest BCUT2D eigenvalue weighted by Crippen LogP contribution is 2.24. The number of aromatic amines is 2. The topological polar surface area (TPSA) is 77.7 Å². The van der Waals surface area contributed by atoms with E-state index in [4.69, 9.17) is 0 Å². The van der Waals surface area contributed by atoms with Crippen molar-refractivity contribution in [2.24, 2.45) is 0 Å². The summed E-state index contributed by atoms with van der Waals surface area (Å²) in [6.07, 6.45) is 4.60. The molecule has 2 N–H and O–H groups in total. The first-order valence-corrected chi connectivity index (χ1v) is 9.84. The monoisotopic (exact) mass is 367 g/mol. The minimum atomic E-state index is -0.0185. The largest absolute Gasteiger partial charge is 0.301 e. The van der Waals surface area contributed by atoms with E-state index >= 15 is 0 Å². The maximum Gasteiger partial charge on any atom is 0.256 e. The summed E-state index contributed by atoms with van der Waals surface area (Å²) >= 11 is 1.47. The summed E-state index contributed by atoms with van der Waals surface area (Å²) < 4.78 is 0. The fraction of sp³-hybridized carbons (Fsp3) is 0.316. The van der Waals surface area contributed by atoms with Crippen molar-refractivity contribution in [1.82, 2.24) is 25.1 Å². The van der Waals surface area contributed by atoms with Crippen molar-refractivity contribution >= 4 is 11.8 Å². The second-order valence-corrected chi connectivity index (χ2v) is 7.39. The maximum atomic E-state index is 12.4. The number of hydrogen-bond donors (Lipinski definition) is 2. The van der Waals surface area contributed by atoms with Gasteiger partial charge in [-0.25, -0.2) is 4.98 Å². The predicted molar refractivity (Wildman–Crippen MR) is 103 cm³/mol. The Morgan fingerprint density at radius 3 is 2.85 bits per heavy atom.